The summed E-state index contributed by atoms with van der Waals surface area (Å²) in [5.41, 5.74) is 13.3. The van der Waals surface area contributed by atoms with Crippen molar-refractivity contribution in [2.24, 2.45) is 11.1 Å². The van der Waals surface area contributed by atoms with E-state index in [-0.39, 0.29) is 42.3 Å². The van der Waals surface area contributed by atoms with Crippen molar-refractivity contribution in [1.82, 2.24) is 20.9 Å². The lowest BCUT2D eigenvalue weighted by Crippen LogP contribution is -2.58. The zero-order chi connectivity index (χ0) is 40.8. The van der Waals surface area contributed by atoms with Crippen LogP contribution in [0.2, 0.25) is 0 Å². The van der Waals surface area contributed by atoms with Gasteiger partial charge in [0.25, 0.3) is 0 Å². The van der Waals surface area contributed by atoms with E-state index >= 15 is 0 Å². The predicted molar refractivity (Wildman–Crippen MR) is 225 cm³/mol. The van der Waals surface area contributed by atoms with Gasteiger partial charge in [-0.1, -0.05) is 124 Å². The van der Waals surface area contributed by atoms with Crippen LogP contribution < -0.4 is 21.7 Å². The number of carbonyl (C=O) groups excluding carboxylic acids is 4. The fraction of sp³-hybridized carbons (Fsp3) is 0.417. The van der Waals surface area contributed by atoms with Gasteiger partial charge in [-0.05, 0) is 95.7 Å². The van der Waals surface area contributed by atoms with Gasteiger partial charge in [0.2, 0.25) is 17.7 Å². The highest BCUT2D eigenvalue weighted by molar-refractivity contribution is 5.93. The number of alkyl carbamates (subject to hydrolysis) is 1. The molecule has 0 aromatic heterocycles. The molecular formula is C48H57N5O5. The zero-order valence-electron chi connectivity index (χ0n) is 33.9. The van der Waals surface area contributed by atoms with Gasteiger partial charge in [-0.25, -0.2) is 4.79 Å². The molecule has 0 bridgehead atoms. The fourth-order valence-corrected chi connectivity index (χ4v) is 8.89. The highest BCUT2D eigenvalue weighted by Gasteiger charge is 2.46. The molecule has 1 aliphatic heterocycles. The fourth-order valence-electron chi connectivity index (χ4n) is 8.89. The van der Waals surface area contributed by atoms with Gasteiger partial charge in [-0.15, -0.1) is 0 Å². The Morgan fingerprint density at radius 1 is 0.759 bits per heavy atom. The smallest absolute Gasteiger partial charge is 0.408 e. The third-order valence-corrected chi connectivity index (χ3v) is 12.1. The monoisotopic (exact) mass is 783 g/mol. The molecule has 6 atom stereocenters. The molecule has 1 heterocycles. The second-order valence-corrected chi connectivity index (χ2v) is 17.3. The van der Waals surface area contributed by atoms with Gasteiger partial charge in [0, 0.05) is 12.5 Å². The highest BCUT2D eigenvalue weighted by Crippen LogP contribution is 2.36. The molecule has 304 valence electrons. The standard InChI is InChI=1S/C48H57N5O5/c1-48(2,3)43(52-47(57)58-30-32-13-5-4-6-14-32)46(56)53-29-36(28-42(53)45(55)51-41-22-12-18-35-16-8-10-20-38(35)41)33-25-23-31(24-26-33)27-39(49)44(54)50-40-21-11-17-34-15-7-9-19-37(34)40/h4-10,13-16,19-20,23-26,36,39-43H,11-12,17-18,21-22,27-30,49H2,1-3H3,(H,50,54)(H,51,55)(H,52,57)/t36?,39-,40?,41?,42-,43+/m0/s1. The van der Waals surface area contributed by atoms with Crippen molar-refractivity contribution in [2.45, 2.75) is 115 Å². The molecule has 1 saturated heterocycles. The third-order valence-electron chi connectivity index (χ3n) is 12.1. The number of hydrogen-bond donors (Lipinski definition) is 4. The van der Waals surface area contributed by atoms with Crippen LogP contribution in [0.1, 0.15) is 110 Å². The molecular weight excluding hydrogens is 727 g/mol. The Hall–Kier alpha value is -5.48. The summed E-state index contributed by atoms with van der Waals surface area (Å²) >= 11 is 0. The number of benzene rings is 4. The van der Waals surface area contributed by atoms with Gasteiger partial charge in [0.1, 0.15) is 18.7 Å². The van der Waals surface area contributed by atoms with Gasteiger partial charge >= 0.3 is 6.09 Å². The van der Waals surface area contributed by atoms with Crippen LogP contribution in [-0.2, 0) is 45.0 Å². The van der Waals surface area contributed by atoms with Crippen LogP contribution in [0.4, 0.5) is 4.79 Å². The Bertz CT molecular complexity index is 2080. The molecule has 2 aliphatic carbocycles. The predicted octanol–water partition coefficient (Wildman–Crippen LogP) is 6.97. The number of nitrogens with two attached hydrogens (primary N) is 1. The van der Waals surface area contributed by atoms with Gasteiger partial charge in [-0.3, -0.25) is 14.4 Å². The van der Waals surface area contributed by atoms with Crippen molar-refractivity contribution >= 4 is 23.8 Å². The number of aryl methyl sites for hydroxylation is 2. The number of likely N-dealkylation sites (tertiary alicyclic amines) is 1. The first-order chi connectivity index (χ1) is 27.9. The van der Waals surface area contributed by atoms with Crippen LogP contribution in [0.25, 0.3) is 0 Å². The van der Waals surface area contributed by atoms with E-state index in [9.17, 15) is 19.2 Å². The summed E-state index contributed by atoms with van der Waals surface area (Å²) in [6, 6.07) is 31.3. The minimum Gasteiger partial charge on any atom is -0.445 e. The van der Waals surface area contributed by atoms with E-state index in [2.05, 4.69) is 40.2 Å². The lowest BCUT2D eigenvalue weighted by molar-refractivity contribution is -0.142. The lowest BCUT2D eigenvalue weighted by Gasteiger charge is -2.36. The molecule has 4 aromatic carbocycles. The maximum absolute atomic E-state index is 14.7. The van der Waals surface area contributed by atoms with Crippen LogP contribution in [0.15, 0.2) is 103 Å². The molecule has 0 saturated carbocycles. The molecule has 4 aromatic rings. The summed E-state index contributed by atoms with van der Waals surface area (Å²) in [6.45, 7) is 6.05. The van der Waals surface area contributed by atoms with Crippen molar-refractivity contribution in [2.75, 3.05) is 6.54 Å². The number of rotatable bonds is 11. The highest BCUT2D eigenvalue weighted by atomic mass is 16.5. The molecule has 4 amide bonds. The maximum atomic E-state index is 14.7. The Morgan fingerprint density at radius 2 is 1.34 bits per heavy atom. The van der Waals surface area contributed by atoms with Crippen molar-refractivity contribution in [3.63, 3.8) is 0 Å². The van der Waals surface area contributed by atoms with Crippen LogP contribution in [-0.4, -0.2) is 53.4 Å². The van der Waals surface area contributed by atoms with E-state index in [0.717, 1.165) is 60.8 Å². The molecule has 0 radical (unpaired) electrons. The van der Waals surface area contributed by atoms with Crippen LogP contribution in [0.3, 0.4) is 0 Å². The van der Waals surface area contributed by atoms with Crippen molar-refractivity contribution in [3.05, 3.63) is 142 Å². The van der Waals surface area contributed by atoms with E-state index in [1.165, 1.54) is 16.7 Å². The summed E-state index contributed by atoms with van der Waals surface area (Å²) in [5, 5.41) is 9.35. The minimum absolute atomic E-state index is 0.0371. The molecule has 5 N–H and O–H groups in total. The third kappa shape index (κ3) is 9.61. The van der Waals surface area contributed by atoms with Gasteiger partial charge in [0.05, 0.1) is 18.1 Å². The average Bonchev–Trinajstić information content (AvgIpc) is 3.68. The summed E-state index contributed by atoms with van der Waals surface area (Å²) in [6.07, 6.45) is 5.79. The van der Waals surface area contributed by atoms with Gasteiger partial charge in [0.15, 0.2) is 0 Å². The molecule has 0 spiro atoms. The van der Waals surface area contributed by atoms with E-state index in [1.807, 2.05) is 99.6 Å². The molecule has 10 nitrogen and oxygen atoms in total. The first-order valence-corrected chi connectivity index (χ1v) is 20.8. The second kappa shape index (κ2) is 18.0. The molecule has 58 heavy (non-hydrogen) atoms. The topological polar surface area (TPSA) is 143 Å². The Labute approximate surface area is 342 Å². The number of fused-ring (bicyclic) bond motifs is 2. The molecule has 7 rings (SSSR count). The number of nitrogens with one attached hydrogen (secondary N) is 3. The lowest BCUT2D eigenvalue weighted by atomic mass is 9.85. The number of hydrogen-bond acceptors (Lipinski definition) is 6. The van der Waals surface area contributed by atoms with Crippen LogP contribution in [0.5, 0.6) is 0 Å². The Balaban J connectivity index is 1.06. The largest absolute Gasteiger partial charge is 0.445 e. The normalized spacial score (nSPS) is 21.1. The van der Waals surface area contributed by atoms with Crippen LogP contribution >= 0.6 is 0 Å². The number of amides is 4. The average molecular weight is 784 g/mol. The van der Waals surface area contributed by atoms with E-state index in [0.29, 0.717) is 19.4 Å². The summed E-state index contributed by atoms with van der Waals surface area (Å²) in [4.78, 5) is 57.1. The SMILES string of the molecule is CC(C)(C)[C@H](NC(=O)OCc1ccccc1)C(=O)N1CC(c2ccc(C[C@H](N)C(=O)NC3CCCc4ccccc43)cc2)C[C@H]1C(=O)NC1CCCc2ccccc21. The summed E-state index contributed by atoms with van der Waals surface area (Å²) in [5.74, 6) is -0.839. The van der Waals surface area contributed by atoms with E-state index in [4.69, 9.17) is 10.5 Å². The van der Waals surface area contributed by atoms with Crippen LogP contribution in [0, 0.1) is 5.41 Å². The minimum atomic E-state index is -0.947. The Morgan fingerprint density at radius 3 is 1.97 bits per heavy atom. The number of carbonyl (C=O) groups is 4. The number of nitrogens with zero attached hydrogens (tertiary/aromatic N) is 1. The van der Waals surface area contributed by atoms with Gasteiger partial charge < -0.3 is 31.3 Å². The van der Waals surface area contributed by atoms with Crippen molar-refractivity contribution in [3.8, 4) is 0 Å². The summed E-state index contributed by atoms with van der Waals surface area (Å²) in [7, 11) is 0. The molecule has 3 unspecified atom stereocenters. The second-order valence-electron chi connectivity index (χ2n) is 17.3. The van der Waals surface area contributed by atoms with E-state index < -0.39 is 29.6 Å². The maximum Gasteiger partial charge on any atom is 0.408 e. The quantitative estimate of drug-likeness (QED) is 0.130. The Kier molecular flexibility index (Phi) is 12.6. The molecule has 1 fully saturated rings. The van der Waals surface area contributed by atoms with Crippen molar-refractivity contribution < 1.29 is 23.9 Å². The number of ether oxygens (including phenoxy) is 1. The molecule has 3 aliphatic rings. The zero-order valence-corrected chi connectivity index (χ0v) is 33.9. The first-order valence-electron chi connectivity index (χ1n) is 20.8. The van der Waals surface area contributed by atoms with Gasteiger partial charge in [-0.2, -0.15) is 0 Å². The first kappa shape index (κ1) is 40.7. The molecule has 10 heteroatoms. The van der Waals surface area contributed by atoms with E-state index in [1.54, 1.807) is 4.90 Å². The summed E-state index contributed by atoms with van der Waals surface area (Å²) < 4.78 is 5.54. The van der Waals surface area contributed by atoms with Crippen molar-refractivity contribution in [1.29, 1.82) is 0 Å².